The molecule has 96 valence electrons. The van der Waals surface area contributed by atoms with Gasteiger partial charge in [0.25, 0.3) is 5.56 Å². The minimum Gasteiger partial charge on any atom is -0.328 e. The SMILES string of the molecule is CC(C)CN[C@H](C)c1c[nH]c(=O)c2cnccc12. The van der Waals surface area contributed by atoms with E-state index >= 15 is 0 Å². The molecular formula is C14H19N3O. The standard InChI is InChI=1S/C14H19N3O/c1-9(2)6-16-10(3)12-8-17-14(18)13-7-15-5-4-11(12)13/h4-5,7-10,16H,6H2,1-3H3,(H,17,18)/t10-/m1/s1. The lowest BCUT2D eigenvalue weighted by molar-refractivity contribution is 0.497. The van der Waals surface area contributed by atoms with Gasteiger partial charge in [0.1, 0.15) is 0 Å². The predicted octanol–water partition coefficient (Wildman–Crippen LogP) is 2.23. The molecule has 0 aliphatic carbocycles. The molecule has 0 spiro atoms. The van der Waals surface area contributed by atoms with Crippen molar-refractivity contribution in [1.29, 1.82) is 0 Å². The van der Waals surface area contributed by atoms with Crippen LogP contribution in [0, 0.1) is 5.92 Å². The molecular weight excluding hydrogens is 226 g/mol. The number of nitrogens with one attached hydrogen (secondary N) is 2. The number of nitrogens with zero attached hydrogens (tertiary/aromatic N) is 1. The first-order chi connectivity index (χ1) is 8.59. The normalized spacial score (nSPS) is 13.1. The Kier molecular flexibility index (Phi) is 3.77. The first-order valence-corrected chi connectivity index (χ1v) is 6.28. The molecule has 2 heterocycles. The molecule has 0 aliphatic heterocycles. The van der Waals surface area contributed by atoms with Gasteiger partial charge in [0.05, 0.1) is 5.39 Å². The Morgan fingerprint density at radius 3 is 2.83 bits per heavy atom. The Bertz CT molecular complexity index is 589. The summed E-state index contributed by atoms with van der Waals surface area (Å²) < 4.78 is 0. The van der Waals surface area contributed by atoms with Gasteiger partial charge in [0, 0.05) is 24.6 Å². The van der Waals surface area contributed by atoms with Gasteiger partial charge in [0.2, 0.25) is 0 Å². The van der Waals surface area contributed by atoms with Crippen molar-refractivity contribution in [1.82, 2.24) is 15.3 Å². The molecule has 0 saturated heterocycles. The predicted molar refractivity (Wildman–Crippen MR) is 73.6 cm³/mol. The van der Waals surface area contributed by atoms with E-state index in [1.807, 2.05) is 6.07 Å². The lowest BCUT2D eigenvalue weighted by atomic mass is 10.0. The van der Waals surface area contributed by atoms with E-state index in [4.69, 9.17) is 0 Å². The third-order valence-corrected chi connectivity index (χ3v) is 3.03. The molecule has 0 bridgehead atoms. The van der Waals surface area contributed by atoms with Gasteiger partial charge in [-0.1, -0.05) is 13.8 Å². The molecule has 2 aromatic rings. The van der Waals surface area contributed by atoms with Gasteiger partial charge >= 0.3 is 0 Å². The van der Waals surface area contributed by atoms with Crippen LogP contribution in [0.3, 0.4) is 0 Å². The first kappa shape index (κ1) is 12.8. The molecule has 2 rings (SSSR count). The summed E-state index contributed by atoms with van der Waals surface area (Å²) in [4.78, 5) is 18.5. The summed E-state index contributed by atoms with van der Waals surface area (Å²) >= 11 is 0. The molecule has 18 heavy (non-hydrogen) atoms. The smallest absolute Gasteiger partial charge is 0.257 e. The number of fused-ring (bicyclic) bond motifs is 1. The molecule has 1 atom stereocenters. The number of pyridine rings is 2. The number of rotatable bonds is 4. The quantitative estimate of drug-likeness (QED) is 0.868. The summed E-state index contributed by atoms with van der Waals surface area (Å²) in [6.45, 7) is 7.41. The highest BCUT2D eigenvalue weighted by molar-refractivity contribution is 5.83. The van der Waals surface area contributed by atoms with E-state index in [2.05, 4.69) is 36.1 Å². The molecule has 0 unspecified atom stereocenters. The molecule has 2 aromatic heterocycles. The average Bonchev–Trinajstić information content (AvgIpc) is 2.37. The van der Waals surface area contributed by atoms with E-state index in [0.29, 0.717) is 11.3 Å². The van der Waals surface area contributed by atoms with Crippen molar-refractivity contribution >= 4 is 10.8 Å². The lowest BCUT2D eigenvalue weighted by Crippen LogP contribution is -2.24. The van der Waals surface area contributed by atoms with Crippen LogP contribution >= 0.6 is 0 Å². The van der Waals surface area contributed by atoms with Crippen molar-refractivity contribution in [2.45, 2.75) is 26.8 Å². The third-order valence-electron chi connectivity index (χ3n) is 3.03. The fourth-order valence-electron chi connectivity index (χ4n) is 2.01. The molecule has 0 radical (unpaired) electrons. The number of aromatic nitrogens is 2. The third kappa shape index (κ3) is 2.59. The molecule has 0 amide bonds. The summed E-state index contributed by atoms with van der Waals surface area (Å²) in [5.74, 6) is 0.600. The Morgan fingerprint density at radius 2 is 2.11 bits per heavy atom. The monoisotopic (exact) mass is 245 g/mol. The summed E-state index contributed by atoms with van der Waals surface area (Å²) in [6.07, 6.45) is 5.13. The first-order valence-electron chi connectivity index (χ1n) is 6.28. The number of aromatic amines is 1. The molecule has 0 fully saturated rings. The Morgan fingerprint density at radius 1 is 1.33 bits per heavy atom. The highest BCUT2D eigenvalue weighted by Crippen LogP contribution is 2.20. The van der Waals surface area contributed by atoms with E-state index in [-0.39, 0.29) is 11.6 Å². The van der Waals surface area contributed by atoms with Crippen molar-refractivity contribution in [2.75, 3.05) is 6.54 Å². The molecule has 0 aromatic carbocycles. The molecule has 4 heteroatoms. The molecule has 0 aliphatic rings. The second kappa shape index (κ2) is 5.31. The minimum atomic E-state index is -0.0853. The Labute approximate surface area is 106 Å². The zero-order valence-corrected chi connectivity index (χ0v) is 11.0. The van der Waals surface area contributed by atoms with Crippen molar-refractivity contribution in [3.8, 4) is 0 Å². The second-order valence-electron chi connectivity index (χ2n) is 5.02. The largest absolute Gasteiger partial charge is 0.328 e. The second-order valence-corrected chi connectivity index (χ2v) is 5.02. The van der Waals surface area contributed by atoms with Crippen LogP contribution in [0.5, 0.6) is 0 Å². The van der Waals surface area contributed by atoms with Crippen LogP contribution in [0.1, 0.15) is 32.4 Å². The Balaban J connectivity index is 2.39. The van der Waals surface area contributed by atoms with Crippen LogP contribution in [0.2, 0.25) is 0 Å². The summed E-state index contributed by atoms with van der Waals surface area (Å²) in [6, 6.07) is 2.10. The van der Waals surface area contributed by atoms with Crippen LogP contribution in [-0.2, 0) is 0 Å². The highest BCUT2D eigenvalue weighted by Gasteiger charge is 2.11. The van der Waals surface area contributed by atoms with Gasteiger partial charge in [-0.2, -0.15) is 0 Å². The van der Waals surface area contributed by atoms with Gasteiger partial charge < -0.3 is 10.3 Å². The fraction of sp³-hybridized carbons (Fsp3) is 0.429. The van der Waals surface area contributed by atoms with Crippen LogP contribution in [0.4, 0.5) is 0 Å². The molecule has 4 nitrogen and oxygen atoms in total. The van der Waals surface area contributed by atoms with E-state index in [1.165, 1.54) is 0 Å². The number of hydrogen-bond donors (Lipinski definition) is 2. The zero-order chi connectivity index (χ0) is 13.1. The number of H-pyrrole nitrogens is 1. The van der Waals surface area contributed by atoms with Crippen molar-refractivity contribution in [3.05, 3.63) is 40.6 Å². The van der Waals surface area contributed by atoms with Gasteiger partial charge in [-0.05, 0) is 36.4 Å². The van der Waals surface area contributed by atoms with Crippen molar-refractivity contribution in [3.63, 3.8) is 0 Å². The molecule has 2 N–H and O–H groups in total. The fourth-order valence-corrected chi connectivity index (χ4v) is 2.01. The van der Waals surface area contributed by atoms with E-state index < -0.39 is 0 Å². The Hall–Kier alpha value is -1.68. The highest BCUT2D eigenvalue weighted by atomic mass is 16.1. The zero-order valence-electron chi connectivity index (χ0n) is 11.0. The van der Waals surface area contributed by atoms with Gasteiger partial charge in [0.15, 0.2) is 0 Å². The molecule has 0 saturated carbocycles. The minimum absolute atomic E-state index is 0.0853. The average molecular weight is 245 g/mol. The number of hydrogen-bond acceptors (Lipinski definition) is 3. The van der Waals surface area contributed by atoms with E-state index in [1.54, 1.807) is 18.6 Å². The van der Waals surface area contributed by atoms with Gasteiger partial charge in [-0.3, -0.25) is 9.78 Å². The summed E-state index contributed by atoms with van der Waals surface area (Å²) in [7, 11) is 0. The maximum atomic E-state index is 11.7. The van der Waals surface area contributed by atoms with Crippen LogP contribution < -0.4 is 10.9 Å². The summed E-state index contributed by atoms with van der Waals surface area (Å²) in [5.41, 5.74) is 1.02. The van der Waals surface area contributed by atoms with E-state index in [0.717, 1.165) is 17.5 Å². The van der Waals surface area contributed by atoms with Crippen LogP contribution in [0.15, 0.2) is 29.5 Å². The lowest BCUT2D eigenvalue weighted by Gasteiger charge is -2.17. The van der Waals surface area contributed by atoms with Crippen molar-refractivity contribution < 1.29 is 0 Å². The van der Waals surface area contributed by atoms with E-state index in [9.17, 15) is 4.79 Å². The van der Waals surface area contributed by atoms with Crippen molar-refractivity contribution in [2.24, 2.45) is 5.92 Å². The maximum absolute atomic E-state index is 11.7. The van der Waals surface area contributed by atoms with Gasteiger partial charge in [-0.25, -0.2) is 0 Å². The van der Waals surface area contributed by atoms with Crippen LogP contribution in [-0.4, -0.2) is 16.5 Å². The maximum Gasteiger partial charge on any atom is 0.257 e. The topological polar surface area (TPSA) is 57.8 Å². The van der Waals surface area contributed by atoms with Crippen LogP contribution in [0.25, 0.3) is 10.8 Å². The van der Waals surface area contributed by atoms with Gasteiger partial charge in [-0.15, -0.1) is 0 Å². The summed E-state index contributed by atoms with van der Waals surface area (Å²) in [5, 5.41) is 5.08.